The van der Waals surface area contributed by atoms with E-state index >= 15 is 0 Å². The third-order valence-electron chi connectivity index (χ3n) is 2.91. The van der Waals surface area contributed by atoms with Crippen LogP contribution in [0.25, 0.3) is 0 Å². The van der Waals surface area contributed by atoms with Gasteiger partial charge in [-0.05, 0) is 6.07 Å². The van der Waals surface area contributed by atoms with E-state index in [0.717, 1.165) is 0 Å². The average molecular weight is 250 g/mol. The van der Waals surface area contributed by atoms with E-state index in [-0.39, 0.29) is 11.1 Å². The SMILES string of the molecule is CC(=O)Oc1cc2c(c3c1CCO3)C(=O)OC2O. The summed E-state index contributed by atoms with van der Waals surface area (Å²) >= 11 is 0. The molecule has 0 amide bonds. The topological polar surface area (TPSA) is 82.1 Å². The van der Waals surface area contributed by atoms with Crippen LogP contribution in [0.1, 0.15) is 34.7 Å². The Bertz CT molecular complexity index is 562. The molecule has 6 heteroatoms. The molecule has 94 valence electrons. The quantitative estimate of drug-likeness (QED) is 0.583. The predicted molar refractivity (Wildman–Crippen MR) is 57.3 cm³/mol. The van der Waals surface area contributed by atoms with E-state index in [9.17, 15) is 14.7 Å². The number of rotatable bonds is 1. The van der Waals surface area contributed by atoms with Gasteiger partial charge in [-0.1, -0.05) is 0 Å². The lowest BCUT2D eigenvalue weighted by molar-refractivity contribution is -0.131. The summed E-state index contributed by atoms with van der Waals surface area (Å²) in [5, 5.41) is 9.60. The maximum Gasteiger partial charge on any atom is 0.345 e. The number of aliphatic hydroxyl groups excluding tert-OH is 1. The Morgan fingerprint density at radius 1 is 1.56 bits per heavy atom. The first-order valence-electron chi connectivity index (χ1n) is 5.48. The summed E-state index contributed by atoms with van der Waals surface area (Å²) in [6.45, 7) is 1.69. The second-order valence-corrected chi connectivity index (χ2v) is 4.10. The molecule has 1 aromatic rings. The van der Waals surface area contributed by atoms with E-state index in [4.69, 9.17) is 14.2 Å². The number of esters is 2. The number of carbonyl (C=O) groups excluding carboxylic acids is 2. The van der Waals surface area contributed by atoms with Gasteiger partial charge in [0.1, 0.15) is 17.1 Å². The van der Waals surface area contributed by atoms with Crippen LogP contribution in [0.15, 0.2) is 6.07 Å². The van der Waals surface area contributed by atoms with Gasteiger partial charge in [0.25, 0.3) is 0 Å². The Morgan fingerprint density at radius 3 is 3.06 bits per heavy atom. The van der Waals surface area contributed by atoms with Crippen molar-refractivity contribution in [1.82, 2.24) is 0 Å². The molecule has 6 nitrogen and oxygen atoms in total. The predicted octanol–water partition coefficient (Wildman–Crippen LogP) is 0.708. The van der Waals surface area contributed by atoms with Gasteiger partial charge in [-0.25, -0.2) is 4.79 Å². The van der Waals surface area contributed by atoms with Gasteiger partial charge in [-0.3, -0.25) is 4.79 Å². The highest BCUT2D eigenvalue weighted by Crippen LogP contribution is 2.44. The lowest BCUT2D eigenvalue weighted by Gasteiger charge is -2.10. The molecule has 1 unspecified atom stereocenters. The van der Waals surface area contributed by atoms with Crippen molar-refractivity contribution >= 4 is 11.9 Å². The summed E-state index contributed by atoms with van der Waals surface area (Å²) in [5.41, 5.74) is 1.16. The maximum atomic E-state index is 11.6. The first-order chi connectivity index (χ1) is 8.58. The zero-order valence-electron chi connectivity index (χ0n) is 9.56. The Balaban J connectivity index is 2.20. The number of hydrogen-bond donors (Lipinski definition) is 1. The van der Waals surface area contributed by atoms with E-state index in [0.29, 0.717) is 30.1 Å². The second-order valence-electron chi connectivity index (χ2n) is 4.10. The lowest BCUT2D eigenvalue weighted by atomic mass is 10.0. The highest BCUT2D eigenvalue weighted by Gasteiger charge is 2.38. The molecule has 1 N–H and O–H groups in total. The van der Waals surface area contributed by atoms with Gasteiger partial charge < -0.3 is 19.3 Å². The summed E-state index contributed by atoms with van der Waals surface area (Å²) in [7, 11) is 0. The molecule has 0 fully saturated rings. The van der Waals surface area contributed by atoms with E-state index in [1.54, 1.807) is 0 Å². The van der Waals surface area contributed by atoms with Crippen LogP contribution in [0.3, 0.4) is 0 Å². The zero-order chi connectivity index (χ0) is 12.9. The number of benzene rings is 1. The largest absolute Gasteiger partial charge is 0.492 e. The number of fused-ring (bicyclic) bond motifs is 3. The Kier molecular flexibility index (Phi) is 2.27. The van der Waals surface area contributed by atoms with Crippen molar-refractivity contribution in [2.45, 2.75) is 19.6 Å². The minimum absolute atomic E-state index is 0.228. The van der Waals surface area contributed by atoms with Crippen molar-refractivity contribution in [2.75, 3.05) is 6.61 Å². The molecule has 0 aromatic heterocycles. The number of ether oxygens (including phenoxy) is 3. The van der Waals surface area contributed by atoms with Crippen molar-refractivity contribution < 1.29 is 28.9 Å². The molecule has 0 aliphatic carbocycles. The summed E-state index contributed by atoms with van der Waals surface area (Å²) in [6, 6.07) is 1.46. The minimum Gasteiger partial charge on any atom is -0.492 e. The molecule has 1 aromatic carbocycles. The summed E-state index contributed by atoms with van der Waals surface area (Å²) in [6.07, 6.45) is -0.787. The van der Waals surface area contributed by atoms with Crippen LogP contribution in [0, 0.1) is 0 Å². The molecular formula is C12H10O6. The van der Waals surface area contributed by atoms with Crippen molar-refractivity contribution in [3.8, 4) is 11.5 Å². The fourth-order valence-corrected chi connectivity index (χ4v) is 2.22. The summed E-state index contributed by atoms with van der Waals surface area (Å²) < 4.78 is 15.2. The molecule has 2 aliphatic heterocycles. The molecule has 0 radical (unpaired) electrons. The first-order valence-corrected chi connectivity index (χ1v) is 5.48. The van der Waals surface area contributed by atoms with E-state index in [2.05, 4.69) is 0 Å². The van der Waals surface area contributed by atoms with E-state index < -0.39 is 18.2 Å². The average Bonchev–Trinajstić information content (AvgIpc) is 2.84. The monoisotopic (exact) mass is 250 g/mol. The Labute approximate surface area is 102 Å². The molecule has 18 heavy (non-hydrogen) atoms. The minimum atomic E-state index is -1.34. The molecule has 2 heterocycles. The summed E-state index contributed by atoms with van der Waals surface area (Å²) in [4.78, 5) is 22.6. The van der Waals surface area contributed by atoms with Crippen LogP contribution in [-0.2, 0) is 16.0 Å². The van der Waals surface area contributed by atoms with Crippen LogP contribution in [0.4, 0.5) is 0 Å². The van der Waals surface area contributed by atoms with Gasteiger partial charge in [0.05, 0.1) is 6.61 Å². The van der Waals surface area contributed by atoms with Crippen molar-refractivity contribution in [2.24, 2.45) is 0 Å². The van der Waals surface area contributed by atoms with Crippen LogP contribution in [0.2, 0.25) is 0 Å². The number of aliphatic hydroxyl groups is 1. The van der Waals surface area contributed by atoms with E-state index in [1.807, 2.05) is 0 Å². The highest BCUT2D eigenvalue weighted by molar-refractivity contribution is 5.98. The third kappa shape index (κ3) is 1.46. The second kappa shape index (κ2) is 3.71. The van der Waals surface area contributed by atoms with Gasteiger partial charge in [0.15, 0.2) is 0 Å². The highest BCUT2D eigenvalue weighted by atomic mass is 16.6. The van der Waals surface area contributed by atoms with Crippen LogP contribution in [0.5, 0.6) is 11.5 Å². The molecule has 3 rings (SSSR count). The van der Waals surface area contributed by atoms with Crippen LogP contribution in [-0.4, -0.2) is 23.7 Å². The fraction of sp³-hybridized carbons (Fsp3) is 0.333. The zero-order valence-corrected chi connectivity index (χ0v) is 9.56. The van der Waals surface area contributed by atoms with Gasteiger partial charge in [-0.15, -0.1) is 0 Å². The van der Waals surface area contributed by atoms with Crippen molar-refractivity contribution in [1.29, 1.82) is 0 Å². The number of carbonyl (C=O) groups is 2. The third-order valence-corrected chi connectivity index (χ3v) is 2.91. The van der Waals surface area contributed by atoms with Gasteiger partial charge in [-0.2, -0.15) is 0 Å². The molecule has 0 bridgehead atoms. The van der Waals surface area contributed by atoms with E-state index in [1.165, 1.54) is 13.0 Å². The number of cyclic esters (lactones) is 1. The van der Waals surface area contributed by atoms with Crippen LogP contribution < -0.4 is 9.47 Å². The number of hydrogen-bond acceptors (Lipinski definition) is 6. The van der Waals surface area contributed by atoms with Crippen LogP contribution >= 0.6 is 0 Å². The van der Waals surface area contributed by atoms with Gasteiger partial charge in [0.2, 0.25) is 6.29 Å². The smallest absolute Gasteiger partial charge is 0.345 e. The first kappa shape index (κ1) is 11.0. The van der Waals surface area contributed by atoms with Crippen molar-refractivity contribution in [3.05, 3.63) is 22.8 Å². The van der Waals surface area contributed by atoms with Gasteiger partial charge >= 0.3 is 11.9 Å². The molecule has 0 saturated carbocycles. The molecular weight excluding hydrogens is 240 g/mol. The Morgan fingerprint density at radius 2 is 2.33 bits per heavy atom. The molecule has 0 spiro atoms. The lowest BCUT2D eigenvalue weighted by Crippen LogP contribution is -2.05. The van der Waals surface area contributed by atoms with Crippen molar-refractivity contribution in [3.63, 3.8) is 0 Å². The summed E-state index contributed by atoms with van der Waals surface area (Å²) in [5.74, 6) is -0.426. The molecule has 2 aliphatic rings. The maximum absolute atomic E-state index is 11.6. The fourth-order valence-electron chi connectivity index (χ4n) is 2.22. The normalized spacial score (nSPS) is 19.9. The molecule has 0 saturated heterocycles. The Hall–Kier alpha value is -2.08. The molecule has 1 atom stereocenters. The van der Waals surface area contributed by atoms with Gasteiger partial charge in [0, 0.05) is 24.5 Å². The standard InChI is InChI=1S/C12H10O6/c1-5(13)17-8-4-7-9(12(15)18-11(7)14)10-6(8)2-3-16-10/h4,11,14H,2-3H2,1H3.